The summed E-state index contributed by atoms with van der Waals surface area (Å²) in [6.45, 7) is 0. The molecular weight excluding hydrogens is 621 g/mol. The summed E-state index contributed by atoms with van der Waals surface area (Å²) in [7, 11) is -7.92. The molecule has 9 nitrogen and oxygen atoms in total. The normalized spacial score (nSPS) is 22.8. The van der Waals surface area contributed by atoms with E-state index in [0.717, 1.165) is 19.1 Å². The molecule has 0 saturated heterocycles. The second kappa shape index (κ2) is 12.0. The van der Waals surface area contributed by atoms with Crippen LogP contribution in [0, 0.1) is 0 Å². The number of amides is 2. The fourth-order valence-electron chi connectivity index (χ4n) is 5.98. The van der Waals surface area contributed by atoms with E-state index < -0.39 is 55.9 Å². The Morgan fingerprint density at radius 3 is 2.24 bits per heavy atom. The largest absolute Gasteiger partial charge is 0.326 e. The molecule has 0 unspecified atom stereocenters. The molecule has 3 aromatic rings. The highest BCUT2D eigenvalue weighted by atomic mass is 35.5. The fourth-order valence-corrected chi connectivity index (χ4v) is 8.35. The van der Waals surface area contributed by atoms with E-state index in [-0.39, 0.29) is 15.5 Å². The van der Waals surface area contributed by atoms with E-state index in [1.807, 2.05) is 0 Å². The lowest BCUT2D eigenvalue weighted by atomic mass is 9.76. The Bertz CT molecular complexity index is 1730. The molecule has 5 rings (SSSR count). The van der Waals surface area contributed by atoms with Crippen molar-refractivity contribution in [1.82, 2.24) is 14.3 Å². The maximum absolute atomic E-state index is 14.3. The van der Waals surface area contributed by atoms with Crippen LogP contribution in [-0.4, -0.2) is 51.9 Å². The quantitative estimate of drug-likeness (QED) is 0.384. The van der Waals surface area contributed by atoms with Crippen molar-refractivity contribution >= 4 is 55.1 Å². The van der Waals surface area contributed by atoms with E-state index >= 15 is 0 Å². The SMILES string of the molecule is CS(=O)(=O)N[C@H]1CCCC[C@@H]1N1C(=O)c2ccccc2[C@@H](C(=O)NS(=O)(=O)c2ccccc2)[C@@H]1c1ccc(Cl)cc1Cl. The van der Waals surface area contributed by atoms with Gasteiger partial charge in [-0.15, -0.1) is 0 Å². The van der Waals surface area contributed by atoms with Gasteiger partial charge in [-0.25, -0.2) is 26.3 Å². The smallest absolute Gasteiger partial charge is 0.264 e. The Balaban J connectivity index is 1.70. The molecule has 0 bridgehead atoms. The number of fused-ring (bicyclic) bond motifs is 1. The maximum Gasteiger partial charge on any atom is 0.264 e. The van der Waals surface area contributed by atoms with E-state index in [1.54, 1.807) is 54.6 Å². The molecule has 42 heavy (non-hydrogen) atoms. The number of hydrogen-bond donors (Lipinski definition) is 2. The van der Waals surface area contributed by atoms with Crippen LogP contribution in [0.15, 0.2) is 77.7 Å². The Kier molecular flexibility index (Phi) is 8.69. The third kappa shape index (κ3) is 6.21. The monoisotopic (exact) mass is 649 g/mol. The molecule has 222 valence electrons. The van der Waals surface area contributed by atoms with Gasteiger partial charge in [0, 0.05) is 27.7 Å². The minimum absolute atomic E-state index is 0.0962. The van der Waals surface area contributed by atoms with Gasteiger partial charge >= 0.3 is 0 Å². The number of nitrogens with one attached hydrogen (secondary N) is 2. The number of sulfonamides is 2. The number of benzene rings is 3. The summed E-state index contributed by atoms with van der Waals surface area (Å²) in [6, 6.07) is 16.3. The molecule has 2 amide bonds. The van der Waals surface area contributed by atoms with Gasteiger partial charge in [0.1, 0.15) is 0 Å². The Labute approximate surface area is 255 Å². The predicted octanol–water partition coefficient (Wildman–Crippen LogP) is 4.64. The van der Waals surface area contributed by atoms with E-state index in [0.29, 0.717) is 29.0 Å². The molecule has 4 atom stereocenters. The van der Waals surface area contributed by atoms with Crippen molar-refractivity contribution < 1.29 is 26.4 Å². The van der Waals surface area contributed by atoms with Crippen molar-refractivity contribution in [1.29, 1.82) is 0 Å². The number of carbonyl (C=O) groups is 2. The van der Waals surface area contributed by atoms with Gasteiger partial charge in [-0.3, -0.25) is 9.59 Å². The minimum atomic E-state index is -4.27. The van der Waals surface area contributed by atoms with Gasteiger partial charge < -0.3 is 4.90 Å². The molecule has 1 aliphatic heterocycles. The molecule has 0 radical (unpaired) electrons. The van der Waals surface area contributed by atoms with Crippen molar-refractivity contribution in [3.63, 3.8) is 0 Å². The van der Waals surface area contributed by atoms with Crippen LogP contribution in [0.4, 0.5) is 0 Å². The molecule has 1 heterocycles. The molecule has 0 aromatic heterocycles. The molecular formula is C29H29Cl2N3O6S2. The van der Waals surface area contributed by atoms with Gasteiger partial charge in [-0.2, -0.15) is 0 Å². The first kappa shape index (κ1) is 30.5. The number of nitrogens with zero attached hydrogens (tertiary/aromatic N) is 1. The second-order valence-electron chi connectivity index (χ2n) is 10.5. The van der Waals surface area contributed by atoms with Crippen LogP contribution in [0.3, 0.4) is 0 Å². The Hall–Kier alpha value is -2.96. The number of halogens is 2. The molecule has 2 N–H and O–H groups in total. The van der Waals surface area contributed by atoms with Crippen molar-refractivity contribution in [2.75, 3.05) is 6.26 Å². The van der Waals surface area contributed by atoms with Crippen molar-refractivity contribution in [3.05, 3.63) is 99.5 Å². The molecule has 1 saturated carbocycles. The highest BCUT2D eigenvalue weighted by molar-refractivity contribution is 7.90. The van der Waals surface area contributed by atoms with Crippen molar-refractivity contribution in [2.45, 2.75) is 54.6 Å². The first-order valence-corrected chi connectivity index (χ1v) is 17.5. The maximum atomic E-state index is 14.3. The van der Waals surface area contributed by atoms with Crippen LogP contribution in [-0.2, 0) is 24.8 Å². The fraction of sp³-hybridized carbons (Fsp3) is 0.310. The first-order valence-electron chi connectivity index (χ1n) is 13.3. The topological polar surface area (TPSA) is 130 Å². The van der Waals surface area contributed by atoms with Crippen molar-refractivity contribution in [3.8, 4) is 0 Å². The van der Waals surface area contributed by atoms with Gasteiger partial charge in [0.2, 0.25) is 15.9 Å². The van der Waals surface area contributed by atoms with Gasteiger partial charge in [-0.1, -0.05) is 78.5 Å². The van der Waals surface area contributed by atoms with Gasteiger partial charge in [0.15, 0.2) is 0 Å². The number of carbonyl (C=O) groups excluding carboxylic acids is 2. The molecule has 13 heteroatoms. The summed E-state index contributed by atoms with van der Waals surface area (Å²) < 4.78 is 56.1. The molecule has 0 spiro atoms. The minimum Gasteiger partial charge on any atom is -0.326 e. The summed E-state index contributed by atoms with van der Waals surface area (Å²) in [4.78, 5) is 29.9. The third-order valence-corrected chi connectivity index (χ3v) is 10.3. The van der Waals surface area contributed by atoms with E-state index in [2.05, 4.69) is 9.44 Å². The van der Waals surface area contributed by atoms with E-state index in [4.69, 9.17) is 23.2 Å². The standard InChI is InChI=1S/C29H29Cl2N3O6S2/c1-41(37,38)32-24-13-7-8-14-25(24)34-27(22-16-15-18(30)17-23(22)31)26(20-11-5-6-12-21(20)29(34)36)28(35)33-42(39,40)19-9-3-2-4-10-19/h2-6,9-12,15-17,24-27,32H,7-8,13-14H2,1H3,(H,33,35)/t24-,25-,26+,27-/m0/s1. The summed E-state index contributed by atoms with van der Waals surface area (Å²) in [5, 5.41) is 0.511. The molecule has 1 aliphatic carbocycles. The van der Waals surface area contributed by atoms with Crippen LogP contribution >= 0.6 is 23.2 Å². The lowest BCUT2D eigenvalue weighted by Crippen LogP contribution is -2.59. The third-order valence-electron chi connectivity index (χ3n) is 7.68. The first-order chi connectivity index (χ1) is 19.9. The summed E-state index contributed by atoms with van der Waals surface area (Å²) in [6.07, 6.45) is 3.46. The van der Waals surface area contributed by atoms with Crippen LogP contribution in [0.25, 0.3) is 0 Å². The zero-order valence-corrected chi connectivity index (χ0v) is 25.7. The predicted molar refractivity (Wildman–Crippen MR) is 160 cm³/mol. The second-order valence-corrected chi connectivity index (χ2v) is 14.8. The van der Waals surface area contributed by atoms with Gasteiger partial charge in [0.25, 0.3) is 15.9 Å². The van der Waals surface area contributed by atoms with Crippen LogP contribution in [0.1, 0.15) is 59.1 Å². The summed E-state index contributed by atoms with van der Waals surface area (Å²) in [5.41, 5.74) is 0.934. The highest BCUT2D eigenvalue weighted by Gasteiger charge is 2.50. The summed E-state index contributed by atoms with van der Waals surface area (Å²) in [5.74, 6) is -2.48. The molecule has 1 fully saturated rings. The van der Waals surface area contributed by atoms with E-state index in [1.165, 1.54) is 23.1 Å². The molecule has 2 aliphatic rings. The van der Waals surface area contributed by atoms with E-state index in [9.17, 15) is 26.4 Å². The van der Waals surface area contributed by atoms with Crippen LogP contribution in [0.2, 0.25) is 10.0 Å². The lowest BCUT2D eigenvalue weighted by molar-refractivity contribution is -0.122. The summed E-state index contributed by atoms with van der Waals surface area (Å²) >= 11 is 12.9. The van der Waals surface area contributed by atoms with Crippen LogP contribution < -0.4 is 9.44 Å². The average molecular weight is 651 g/mol. The zero-order valence-electron chi connectivity index (χ0n) is 22.5. The Morgan fingerprint density at radius 1 is 0.881 bits per heavy atom. The average Bonchev–Trinajstić information content (AvgIpc) is 2.93. The van der Waals surface area contributed by atoms with Crippen molar-refractivity contribution in [2.24, 2.45) is 0 Å². The van der Waals surface area contributed by atoms with Gasteiger partial charge in [0.05, 0.1) is 23.1 Å². The lowest BCUT2D eigenvalue weighted by Gasteiger charge is -2.49. The Morgan fingerprint density at radius 2 is 1.55 bits per heavy atom. The zero-order chi connectivity index (χ0) is 30.2. The van der Waals surface area contributed by atoms with Gasteiger partial charge in [-0.05, 0) is 54.3 Å². The van der Waals surface area contributed by atoms with Crippen LogP contribution in [0.5, 0.6) is 0 Å². The number of rotatable bonds is 7. The molecule has 3 aromatic carbocycles. The number of hydrogen-bond acceptors (Lipinski definition) is 6. The highest BCUT2D eigenvalue weighted by Crippen LogP contribution is 2.48.